The van der Waals surface area contributed by atoms with E-state index in [0.717, 1.165) is 43.8 Å². The maximum absolute atomic E-state index is 10.4. The minimum atomic E-state index is -0.0429. The predicted octanol–water partition coefficient (Wildman–Crippen LogP) is 5.44. The van der Waals surface area contributed by atoms with Crippen molar-refractivity contribution in [2.45, 2.75) is 64.6 Å². The number of nitrogens with one attached hydrogen (secondary N) is 1. The van der Waals surface area contributed by atoms with Crippen LogP contribution in [0.15, 0.2) is 42.5 Å². The first-order valence-electron chi connectivity index (χ1n) is 11.3. The molecule has 0 aromatic heterocycles. The molecule has 2 aromatic rings. The molecule has 1 saturated carbocycles. The third-order valence-corrected chi connectivity index (χ3v) is 6.38. The summed E-state index contributed by atoms with van der Waals surface area (Å²) in [7, 11) is 3.88. The van der Waals surface area contributed by atoms with Crippen molar-refractivity contribution in [3.63, 3.8) is 0 Å². The van der Waals surface area contributed by atoms with Gasteiger partial charge in [-0.15, -0.1) is 0 Å². The van der Waals surface area contributed by atoms with E-state index < -0.39 is 0 Å². The highest BCUT2D eigenvalue weighted by Gasteiger charge is 2.37. The largest absolute Gasteiger partial charge is 0.508 e. The van der Waals surface area contributed by atoms with Crippen LogP contribution in [0.5, 0.6) is 11.5 Å². The summed E-state index contributed by atoms with van der Waals surface area (Å²) >= 11 is 0. The van der Waals surface area contributed by atoms with Gasteiger partial charge < -0.3 is 20.1 Å². The van der Waals surface area contributed by atoms with Crippen molar-refractivity contribution >= 4 is 0 Å². The number of phenols is 1. The molecule has 2 N–H and O–H groups in total. The molecule has 3 rings (SSSR count). The summed E-state index contributed by atoms with van der Waals surface area (Å²) < 4.78 is 5.67. The van der Waals surface area contributed by atoms with Gasteiger partial charge in [0.05, 0.1) is 7.11 Å². The van der Waals surface area contributed by atoms with Crippen molar-refractivity contribution < 1.29 is 9.84 Å². The Kier molecular flexibility index (Phi) is 7.79. The van der Waals surface area contributed by atoms with E-state index >= 15 is 0 Å². The SMILES string of the molecule is COc1ccccc1C1(NCc2ccc(O)c(CN(C)CCC(C)C)c2)CCCC1. The van der Waals surface area contributed by atoms with Crippen LogP contribution in [0.2, 0.25) is 0 Å². The quantitative estimate of drug-likeness (QED) is 0.548. The fourth-order valence-electron chi connectivity index (χ4n) is 4.56. The molecule has 1 aliphatic rings. The molecule has 0 aliphatic heterocycles. The van der Waals surface area contributed by atoms with Crippen LogP contribution in [-0.4, -0.2) is 30.7 Å². The molecule has 4 heteroatoms. The fraction of sp³-hybridized carbons (Fsp3) is 0.538. The third kappa shape index (κ3) is 5.55. The second kappa shape index (κ2) is 10.3. The Bertz CT molecular complexity index is 812. The van der Waals surface area contributed by atoms with Crippen molar-refractivity contribution in [2.75, 3.05) is 20.7 Å². The first kappa shape index (κ1) is 22.6. The second-order valence-corrected chi connectivity index (χ2v) is 9.23. The molecule has 0 atom stereocenters. The van der Waals surface area contributed by atoms with Crippen LogP contribution in [-0.2, 0) is 18.6 Å². The standard InChI is InChI=1S/C26H38N2O2/c1-20(2)13-16-28(3)19-22-17-21(11-12-24(22)29)18-27-26(14-7-8-15-26)23-9-5-6-10-25(23)30-4/h5-6,9-12,17,20,27,29H,7-8,13-16,18-19H2,1-4H3. The summed E-state index contributed by atoms with van der Waals surface area (Å²) in [6, 6.07) is 14.4. The highest BCUT2D eigenvalue weighted by atomic mass is 16.5. The van der Waals surface area contributed by atoms with Gasteiger partial charge in [-0.2, -0.15) is 0 Å². The summed E-state index contributed by atoms with van der Waals surface area (Å²) in [4.78, 5) is 2.29. The Balaban J connectivity index is 1.72. The maximum atomic E-state index is 10.4. The number of hydrogen-bond acceptors (Lipinski definition) is 4. The highest BCUT2D eigenvalue weighted by molar-refractivity contribution is 5.40. The molecule has 0 spiro atoms. The maximum Gasteiger partial charge on any atom is 0.123 e. The lowest BCUT2D eigenvalue weighted by Gasteiger charge is -2.32. The van der Waals surface area contributed by atoms with Gasteiger partial charge in [-0.25, -0.2) is 0 Å². The summed E-state index contributed by atoms with van der Waals surface area (Å²) in [5.41, 5.74) is 3.43. The highest BCUT2D eigenvalue weighted by Crippen LogP contribution is 2.42. The molecule has 1 aliphatic carbocycles. The third-order valence-electron chi connectivity index (χ3n) is 6.38. The first-order chi connectivity index (χ1) is 14.4. The van der Waals surface area contributed by atoms with Gasteiger partial charge in [-0.05, 0) is 62.5 Å². The Morgan fingerprint density at radius 2 is 1.87 bits per heavy atom. The van der Waals surface area contributed by atoms with Gasteiger partial charge in [-0.1, -0.05) is 51.0 Å². The molecule has 0 amide bonds. The number of phenolic OH excluding ortho intramolecular Hbond substituents is 1. The number of ether oxygens (including phenoxy) is 1. The van der Waals surface area contributed by atoms with Gasteiger partial charge in [0.25, 0.3) is 0 Å². The summed E-state index contributed by atoms with van der Waals surface area (Å²) in [6.45, 7) is 7.08. The molecule has 0 heterocycles. The monoisotopic (exact) mass is 410 g/mol. The molecule has 164 valence electrons. The Hall–Kier alpha value is -2.04. The fourth-order valence-corrected chi connectivity index (χ4v) is 4.56. The molecule has 30 heavy (non-hydrogen) atoms. The van der Waals surface area contributed by atoms with Crippen LogP contribution in [0.3, 0.4) is 0 Å². The van der Waals surface area contributed by atoms with E-state index in [4.69, 9.17) is 4.74 Å². The molecular formula is C26H38N2O2. The smallest absolute Gasteiger partial charge is 0.123 e. The zero-order valence-corrected chi connectivity index (χ0v) is 19.1. The van der Waals surface area contributed by atoms with Gasteiger partial charge in [-0.3, -0.25) is 0 Å². The number of aromatic hydroxyl groups is 1. The zero-order chi connectivity index (χ0) is 21.6. The van der Waals surface area contributed by atoms with Gasteiger partial charge >= 0.3 is 0 Å². The number of para-hydroxylation sites is 1. The molecule has 4 nitrogen and oxygen atoms in total. The average Bonchev–Trinajstić information content (AvgIpc) is 3.23. The number of nitrogens with zero attached hydrogens (tertiary/aromatic N) is 1. The molecule has 0 bridgehead atoms. The minimum absolute atomic E-state index is 0.0429. The Labute approximate surface area is 182 Å². The van der Waals surface area contributed by atoms with Gasteiger partial charge in [0, 0.05) is 29.8 Å². The van der Waals surface area contributed by atoms with Gasteiger partial charge in [0.1, 0.15) is 11.5 Å². The lowest BCUT2D eigenvalue weighted by Crippen LogP contribution is -2.39. The number of hydrogen-bond donors (Lipinski definition) is 2. The van der Waals surface area contributed by atoms with Crippen LogP contribution in [0, 0.1) is 5.92 Å². The Morgan fingerprint density at radius 3 is 2.57 bits per heavy atom. The average molecular weight is 411 g/mol. The lowest BCUT2D eigenvalue weighted by atomic mass is 9.87. The summed E-state index contributed by atoms with van der Waals surface area (Å²) in [5, 5.41) is 14.2. The van der Waals surface area contributed by atoms with Crippen LogP contribution < -0.4 is 10.1 Å². The van der Waals surface area contributed by atoms with E-state index in [9.17, 15) is 5.11 Å². The summed E-state index contributed by atoms with van der Waals surface area (Å²) in [5.74, 6) is 2.04. The molecule has 0 unspecified atom stereocenters. The number of benzene rings is 2. The number of rotatable bonds is 10. The van der Waals surface area contributed by atoms with Crippen LogP contribution in [0.1, 0.15) is 62.6 Å². The first-order valence-corrected chi connectivity index (χ1v) is 11.3. The van der Waals surface area contributed by atoms with Crippen LogP contribution in [0.25, 0.3) is 0 Å². The van der Waals surface area contributed by atoms with Crippen molar-refractivity contribution in [1.82, 2.24) is 10.2 Å². The summed E-state index contributed by atoms with van der Waals surface area (Å²) in [6.07, 6.45) is 5.87. The van der Waals surface area contributed by atoms with E-state index in [-0.39, 0.29) is 5.54 Å². The molecular weight excluding hydrogens is 372 g/mol. The Morgan fingerprint density at radius 1 is 1.13 bits per heavy atom. The van der Waals surface area contributed by atoms with E-state index in [1.54, 1.807) is 7.11 Å². The van der Waals surface area contributed by atoms with Crippen LogP contribution in [0.4, 0.5) is 0 Å². The molecule has 2 aromatic carbocycles. The van der Waals surface area contributed by atoms with E-state index in [0.29, 0.717) is 11.7 Å². The van der Waals surface area contributed by atoms with Crippen molar-refractivity contribution in [2.24, 2.45) is 5.92 Å². The van der Waals surface area contributed by atoms with E-state index in [1.807, 2.05) is 18.2 Å². The van der Waals surface area contributed by atoms with E-state index in [1.165, 1.54) is 30.4 Å². The lowest BCUT2D eigenvalue weighted by molar-refractivity contribution is 0.298. The number of methoxy groups -OCH3 is 1. The van der Waals surface area contributed by atoms with Crippen molar-refractivity contribution in [3.05, 3.63) is 59.2 Å². The topological polar surface area (TPSA) is 44.7 Å². The zero-order valence-electron chi connectivity index (χ0n) is 19.1. The second-order valence-electron chi connectivity index (χ2n) is 9.23. The molecule has 1 fully saturated rings. The van der Waals surface area contributed by atoms with Gasteiger partial charge in [0.15, 0.2) is 0 Å². The molecule has 0 saturated heterocycles. The normalized spacial score (nSPS) is 15.8. The van der Waals surface area contributed by atoms with Crippen molar-refractivity contribution in [3.8, 4) is 11.5 Å². The van der Waals surface area contributed by atoms with Crippen LogP contribution >= 0.6 is 0 Å². The van der Waals surface area contributed by atoms with E-state index in [2.05, 4.69) is 55.4 Å². The predicted molar refractivity (Wildman–Crippen MR) is 124 cm³/mol. The van der Waals surface area contributed by atoms with Crippen molar-refractivity contribution in [1.29, 1.82) is 0 Å². The molecule has 0 radical (unpaired) electrons. The van der Waals surface area contributed by atoms with Gasteiger partial charge in [0.2, 0.25) is 0 Å². The minimum Gasteiger partial charge on any atom is -0.508 e.